The minimum Gasteiger partial charge on any atom is -0.484 e. The van der Waals surface area contributed by atoms with Crippen molar-refractivity contribution in [2.75, 3.05) is 11.9 Å². The lowest BCUT2D eigenvalue weighted by molar-refractivity contribution is -0.153. The summed E-state index contributed by atoms with van der Waals surface area (Å²) in [6.07, 6.45) is -4.37. The van der Waals surface area contributed by atoms with Crippen molar-refractivity contribution in [3.63, 3.8) is 0 Å². The first kappa shape index (κ1) is 14.3. The zero-order valence-electron chi connectivity index (χ0n) is 9.62. The van der Waals surface area contributed by atoms with Crippen LogP contribution in [0.2, 0.25) is 0 Å². The molecule has 18 heavy (non-hydrogen) atoms. The number of carbonyl (C=O) groups excluding carboxylic acids is 1. The molecule has 0 aliphatic rings. The Morgan fingerprint density at radius 3 is 2.39 bits per heavy atom. The Hall–Kier alpha value is -1.76. The summed E-state index contributed by atoms with van der Waals surface area (Å²) < 4.78 is 40.2. The lowest BCUT2D eigenvalue weighted by atomic mass is 10.2. The highest BCUT2D eigenvalue weighted by Gasteiger charge is 2.28. The number of hydrogen-bond acceptors (Lipinski definition) is 3. The molecule has 3 N–H and O–H groups in total. The maximum absolute atomic E-state index is 11.9. The molecule has 0 aliphatic heterocycles. The van der Waals surface area contributed by atoms with E-state index in [0.29, 0.717) is 5.69 Å². The summed E-state index contributed by atoms with van der Waals surface area (Å²) in [6, 6.07) is 4.88. The molecule has 0 bridgehead atoms. The number of nitrogens with one attached hydrogen (secondary N) is 1. The van der Waals surface area contributed by atoms with Crippen molar-refractivity contribution in [1.29, 1.82) is 0 Å². The first-order valence-corrected chi connectivity index (χ1v) is 5.14. The van der Waals surface area contributed by atoms with E-state index in [9.17, 15) is 18.0 Å². The highest BCUT2D eigenvalue weighted by molar-refractivity contribution is 5.94. The zero-order chi connectivity index (χ0) is 13.8. The van der Waals surface area contributed by atoms with E-state index in [1.165, 1.54) is 31.2 Å². The van der Waals surface area contributed by atoms with E-state index in [-0.39, 0.29) is 11.7 Å². The van der Waals surface area contributed by atoms with Gasteiger partial charge in [0.15, 0.2) is 6.61 Å². The molecule has 0 heterocycles. The van der Waals surface area contributed by atoms with Gasteiger partial charge in [-0.2, -0.15) is 13.2 Å². The summed E-state index contributed by atoms with van der Waals surface area (Å²) >= 11 is 0. The van der Waals surface area contributed by atoms with Gasteiger partial charge in [0.2, 0.25) is 5.91 Å². The van der Waals surface area contributed by atoms with Crippen LogP contribution in [0.25, 0.3) is 0 Å². The standard InChI is InChI=1S/C11H13F3N2O2/c1-7(15)10(17)16-8-2-4-9(5-3-8)18-6-11(12,13)14/h2-5,7H,6,15H2,1H3,(H,16,17)/t7-/m1/s1. The van der Waals surface area contributed by atoms with Crippen molar-refractivity contribution in [1.82, 2.24) is 0 Å². The number of alkyl halides is 3. The molecule has 0 saturated heterocycles. The molecule has 0 aromatic heterocycles. The molecule has 1 aromatic carbocycles. The van der Waals surface area contributed by atoms with E-state index in [4.69, 9.17) is 5.73 Å². The monoisotopic (exact) mass is 262 g/mol. The van der Waals surface area contributed by atoms with Crippen molar-refractivity contribution in [3.05, 3.63) is 24.3 Å². The second-order valence-electron chi connectivity index (χ2n) is 3.71. The fourth-order valence-corrected chi connectivity index (χ4v) is 1.06. The molecule has 1 rings (SSSR count). The van der Waals surface area contributed by atoms with Crippen LogP contribution in [0.1, 0.15) is 6.92 Å². The Labute approximate surface area is 102 Å². The molecule has 0 saturated carbocycles. The van der Waals surface area contributed by atoms with Crippen molar-refractivity contribution in [2.24, 2.45) is 5.73 Å². The molecule has 1 amide bonds. The van der Waals surface area contributed by atoms with Crippen LogP contribution in [0.5, 0.6) is 5.75 Å². The van der Waals surface area contributed by atoms with E-state index >= 15 is 0 Å². The Balaban J connectivity index is 2.55. The molecule has 1 atom stereocenters. The van der Waals surface area contributed by atoms with Gasteiger partial charge in [0, 0.05) is 5.69 Å². The summed E-state index contributed by atoms with van der Waals surface area (Å²) in [5, 5.41) is 2.50. The second kappa shape index (κ2) is 5.72. The third kappa shape index (κ3) is 5.05. The Morgan fingerprint density at radius 1 is 1.39 bits per heavy atom. The van der Waals surface area contributed by atoms with Gasteiger partial charge in [0.25, 0.3) is 0 Å². The number of halogens is 3. The fraction of sp³-hybridized carbons (Fsp3) is 0.364. The average molecular weight is 262 g/mol. The van der Waals surface area contributed by atoms with Gasteiger partial charge < -0.3 is 15.8 Å². The Morgan fingerprint density at radius 2 is 1.94 bits per heavy atom. The van der Waals surface area contributed by atoms with Gasteiger partial charge in [-0.25, -0.2) is 0 Å². The van der Waals surface area contributed by atoms with E-state index in [0.717, 1.165) is 0 Å². The molecule has 0 spiro atoms. The van der Waals surface area contributed by atoms with Gasteiger partial charge in [-0.15, -0.1) is 0 Å². The average Bonchev–Trinajstić information content (AvgIpc) is 2.27. The van der Waals surface area contributed by atoms with Crippen LogP contribution < -0.4 is 15.8 Å². The third-order valence-corrected chi connectivity index (χ3v) is 1.94. The number of carbonyl (C=O) groups is 1. The lowest BCUT2D eigenvalue weighted by Gasteiger charge is -2.10. The number of anilines is 1. The van der Waals surface area contributed by atoms with Crippen LogP contribution in [0, 0.1) is 0 Å². The fourth-order valence-electron chi connectivity index (χ4n) is 1.06. The first-order chi connectivity index (χ1) is 8.28. The van der Waals surface area contributed by atoms with Gasteiger partial charge in [-0.1, -0.05) is 0 Å². The quantitative estimate of drug-likeness (QED) is 0.871. The molecule has 100 valence electrons. The van der Waals surface area contributed by atoms with E-state index in [2.05, 4.69) is 10.1 Å². The number of rotatable bonds is 4. The number of nitrogens with two attached hydrogens (primary N) is 1. The predicted octanol–water partition coefficient (Wildman–Crippen LogP) is 1.91. The van der Waals surface area contributed by atoms with Crippen LogP contribution in [0.3, 0.4) is 0 Å². The first-order valence-electron chi connectivity index (χ1n) is 5.14. The maximum atomic E-state index is 11.9. The molecular formula is C11H13F3N2O2. The topological polar surface area (TPSA) is 64.4 Å². The third-order valence-electron chi connectivity index (χ3n) is 1.94. The molecule has 4 nitrogen and oxygen atoms in total. The van der Waals surface area contributed by atoms with Crippen LogP contribution in [0.15, 0.2) is 24.3 Å². The lowest BCUT2D eigenvalue weighted by Crippen LogP contribution is -2.32. The summed E-state index contributed by atoms with van der Waals surface area (Å²) in [6.45, 7) is 0.175. The smallest absolute Gasteiger partial charge is 0.422 e. The predicted molar refractivity (Wildman–Crippen MR) is 60.3 cm³/mol. The molecule has 0 aliphatic carbocycles. The largest absolute Gasteiger partial charge is 0.484 e. The highest BCUT2D eigenvalue weighted by atomic mass is 19.4. The minimum atomic E-state index is -4.37. The Kier molecular flexibility index (Phi) is 4.55. The number of benzene rings is 1. The maximum Gasteiger partial charge on any atom is 0.422 e. The van der Waals surface area contributed by atoms with Gasteiger partial charge in [0.05, 0.1) is 6.04 Å². The van der Waals surface area contributed by atoms with Crippen LogP contribution in [0.4, 0.5) is 18.9 Å². The van der Waals surface area contributed by atoms with Crippen LogP contribution in [-0.2, 0) is 4.79 Å². The van der Waals surface area contributed by atoms with Gasteiger partial charge in [-0.3, -0.25) is 4.79 Å². The van der Waals surface area contributed by atoms with E-state index in [1.807, 2.05) is 0 Å². The van der Waals surface area contributed by atoms with Crippen molar-refractivity contribution in [3.8, 4) is 5.75 Å². The summed E-state index contributed by atoms with van der Waals surface area (Å²) in [5.41, 5.74) is 5.79. The molecule has 0 fully saturated rings. The molecule has 0 unspecified atom stereocenters. The molecule has 1 aromatic rings. The summed E-state index contributed by atoms with van der Waals surface area (Å²) in [7, 11) is 0. The number of hydrogen-bond donors (Lipinski definition) is 2. The van der Waals surface area contributed by atoms with Gasteiger partial charge in [0.1, 0.15) is 5.75 Å². The van der Waals surface area contributed by atoms with Crippen LogP contribution in [-0.4, -0.2) is 24.7 Å². The molecule has 7 heteroatoms. The Bertz CT molecular complexity index is 402. The van der Waals surface area contributed by atoms with E-state index in [1.54, 1.807) is 0 Å². The number of ether oxygens (including phenoxy) is 1. The SMILES string of the molecule is C[C@@H](N)C(=O)Nc1ccc(OCC(F)(F)F)cc1. The highest BCUT2D eigenvalue weighted by Crippen LogP contribution is 2.20. The minimum absolute atomic E-state index is 0.0751. The van der Waals surface area contributed by atoms with Gasteiger partial charge >= 0.3 is 6.18 Å². The molecule has 0 radical (unpaired) electrons. The van der Waals surface area contributed by atoms with Crippen molar-refractivity contribution < 1.29 is 22.7 Å². The van der Waals surface area contributed by atoms with E-state index < -0.39 is 18.8 Å². The van der Waals surface area contributed by atoms with Crippen LogP contribution >= 0.6 is 0 Å². The number of amides is 1. The second-order valence-corrected chi connectivity index (χ2v) is 3.71. The summed E-state index contributed by atoms with van der Waals surface area (Å²) in [4.78, 5) is 11.2. The molecular weight excluding hydrogens is 249 g/mol. The van der Waals surface area contributed by atoms with Gasteiger partial charge in [-0.05, 0) is 31.2 Å². The normalized spacial score (nSPS) is 12.9. The van der Waals surface area contributed by atoms with Crippen molar-refractivity contribution in [2.45, 2.75) is 19.1 Å². The summed E-state index contributed by atoms with van der Waals surface area (Å²) in [5.74, 6) is -0.301. The zero-order valence-corrected chi connectivity index (χ0v) is 9.62. The van der Waals surface area contributed by atoms with Crippen molar-refractivity contribution >= 4 is 11.6 Å².